The first-order valence-electron chi connectivity index (χ1n) is 6.55. The lowest BCUT2D eigenvalue weighted by Crippen LogP contribution is -2.47. The minimum atomic E-state index is -0.546. The molecule has 0 heterocycles. The number of benzene rings is 1. The first kappa shape index (κ1) is 16.9. The van der Waals surface area contributed by atoms with Gasteiger partial charge in [0, 0.05) is 6.04 Å². The van der Waals surface area contributed by atoms with Crippen LogP contribution in [0.3, 0.4) is 0 Å². The van der Waals surface area contributed by atoms with E-state index in [1.807, 2.05) is 12.1 Å². The summed E-state index contributed by atoms with van der Waals surface area (Å²) >= 11 is 0. The average molecular weight is 294 g/mol. The van der Waals surface area contributed by atoms with Crippen LogP contribution in [0.25, 0.3) is 0 Å². The van der Waals surface area contributed by atoms with E-state index in [4.69, 9.17) is 21.9 Å². The van der Waals surface area contributed by atoms with Gasteiger partial charge in [-0.1, -0.05) is 12.1 Å². The van der Waals surface area contributed by atoms with E-state index in [0.29, 0.717) is 5.75 Å². The van der Waals surface area contributed by atoms with Gasteiger partial charge in [0.2, 0.25) is 11.8 Å². The van der Waals surface area contributed by atoms with E-state index in [-0.39, 0.29) is 25.2 Å². The summed E-state index contributed by atoms with van der Waals surface area (Å²) in [6.45, 7) is 1.60. The number of methoxy groups -OCH3 is 1. The molecule has 0 spiro atoms. The third-order valence-corrected chi connectivity index (χ3v) is 3.07. The SMILES string of the molecule is COc1ccc(C(C(C)N)N(CC(N)=O)CC(N)=O)cc1. The van der Waals surface area contributed by atoms with Gasteiger partial charge >= 0.3 is 0 Å². The van der Waals surface area contributed by atoms with Gasteiger partial charge in [0.15, 0.2) is 0 Å². The molecule has 7 nitrogen and oxygen atoms in total. The van der Waals surface area contributed by atoms with Crippen molar-refractivity contribution in [2.45, 2.75) is 19.0 Å². The minimum absolute atomic E-state index is 0.0961. The molecule has 0 aliphatic rings. The van der Waals surface area contributed by atoms with E-state index in [1.165, 1.54) is 0 Å². The van der Waals surface area contributed by atoms with E-state index >= 15 is 0 Å². The quantitative estimate of drug-likeness (QED) is 0.588. The Morgan fingerprint density at radius 1 is 1.14 bits per heavy atom. The summed E-state index contributed by atoms with van der Waals surface area (Å²) in [6.07, 6.45) is 0. The molecular weight excluding hydrogens is 272 g/mol. The Kier molecular flexibility index (Phi) is 6.13. The third-order valence-electron chi connectivity index (χ3n) is 3.07. The lowest BCUT2D eigenvalue weighted by molar-refractivity contribution is -0.123. The number of carbonyl (C=O) groups is 2. The monoisotopic (exact) mass is 294 g/mol. The summed E-state index contributed by atoms with van der Waals surface area (Å²) in [4.78, 5) is 24.0. The fourth-order valence-electron chi connectivity index (χ4n) is 2.30. The standard InChI is InChI=1S/C14H22N4O3/c1-9(15)14(10-3-5-11(21-2)6-4-10)18(7-12(16)19)8-13(17)20/h3-6,9,14H,7-8,15H2,1-2H3,(H2,16,19)(H2,17,20). The summed E-state index contributed by atoms with van der Waals surface area (Å²) in [5, 5.41) is 0. The van der Waals surface area contributed by atoms with Crippen LogP contribution >= 0.6 is 0 Å². The number of hydrogen-bond acceptors (Lipinski definition) is 5. The Labute approximate surface area is 124 Å². The molecule has 0 radical (unpaired) electrons. The van der Waals surface area contributed by atoms with Gasteiger partial charge in [-0.2, -0.15) is 0 Å². The maximum Gasteiger partial charge on any atom is 0.231 e. The summed E-state index contributed by atoms with van der Waals surface area (Å²) in [6, 6.07) is 6.58. The molecule has 2 unspecified atom stereocenters. The molecule has 0 bridgehead atoms. The smallest absolute Gasteiger partial charge is 0.231 e. The number of ether oxygens (including phenoxy) is 1. The molecule has 0 fully saturated rings. The predicted octanol–water partition coefficient (Wildman–Crippen LogP) is -0.644. The van der Waals surface area contributed by atoms with E-state index in [9.17, 15) is 9.59 Å². The first-order valence-corrected chi connectivity index (χ1v) is 6.55. The second-order valence-electron chi connectivity index (χ2n) is 4.91. The van der Waals surface area contributed by atoms with E-state index < -0.39 is 11.8 Å². The zero-order valence-corrected chi connectivity index (χ0v) is 12.3. The van der Waals surface area contributed by atoms with Gasteiger partial charge < -0.3 is 21.9 Å². The number of primary amides is 2. The predicted molar refractivity (Wildman–Crippen MR) is 79.3 cm³/mol. The second kappa shape index (κ2) is 7.61. The number of amides is 2. The highest BCUT2D eigenvalue weighted by Crippen LogP contribution is 2.25. The van der Waals surface area contributed by atoms with Gasteiger partial charge in [0.1, 0.15) is 5.75 Å². The summed E-state index contributed by atoms with van der Waals surface area (Å²) in [7, 11) is 1.57. The van der Waals surface area contributed by atoms with Crippen molar-refractivity contribution >= 4 is 11.8 Å². The largest absolute Gasteiger partial charge is 0.497 e. The molecule has 116 valence electrons. The zero-order valence-electron chi connectivity index (χ0n) is 12.3. The normalized spacial score (nSPS) is 13.7. The molecule has 0 aliphatic carbocycles. The van der Waals surface area contributed by atoms with Crippen LogP contribution in [0.5, 0.6) is 5.75 Å². The van der Waals surface area contributed by atoms with Crippen LogP contribution in [0.2, 0.25) is 0 Å². The van der Waals surface area contributed by atoms with Crippen LogP contribution in [-0.4, -0.2) is 43.0 Å². The fourth-order valence-corrected chi connectivity index (χ4v) is 2.30. The summed E-state index contributed by atoms with van der Waals surface area (Å²) in [5.41, 5.74) is 17.3. The van der Waals surface area contributed by atoms with Crippen molar-refractivity contribution in [3.63, 3.8) is 0 Å². The van der Waals surface area contributed by atoms with Crippen LogP contribution in [0.1, 0.15) is 18.5 Å². The van der Waals surface area contributed by atoms with Crippen LogP contribution < -0.4 is 21.9 Å². The highest BCUT2D eigenvalue weighted by atomic mass is 16.5. The lowest BCUT2D eigenvalue weighted by Gasteiger charge is -2.33. The van der Waals surface area contributed by atoms with Gasteiger partial charge in [-0.05, 0) is 24.6 Å². The Morgan fingerprint density at radius 2 is 1.62 bits per heavy atom. The summed E-state index contributed by atoms with van der Waals surface area (Å²) in [5.74, 6) is -0.385. The highest BCUT2D eigenvalue weighted by molar-refractivity contribution is 5.79. The maximum atomic E-state index is 11.2. The molecule has 0 saturated heterocycles. The number of nitrogens with two attached hydrogens (primary N) is 3. The van der Waals surface area contributed by atoms with Gasteiger partial charge in [-0.25, -0.2) is 0 Å². The molecule has 1 aromatic rings. The number of rotatable bonds is 8. The minimum Gasteiger partial charge on any atom is -0.497 e. The topological polar surface area (TPSA) is 125 Å². The molecular formula is C14H22N4O3. The van der Waals surface area contributed by atoms with Crippen molar-refractivity contribution in [1.29, 1.82) is 0 Å². The lowest BCUT2D eigenvalue weighted by atomic mass is 9.98. The molecule has 7 heteroatoms. The van der Waals surface area contributed by atoms with Crippen molar-refractivity contribution in [1.82, 2.24) is 4.90 Å². The van der Waals surface area contributed by atoms with Crippen LogP contribution in [-0.2, 0) is 9.59 Å². The van der Waals surface area contributed by atoms with Crippen molar-refractivity contribution in [3.8, 4) is 5.75 Å². The van der Waals surface area contributed by atoms with Crippen LogP contribution in [0.15, 0.2) is 24.3 Å². The average Bonchev–Trinajstić information content (AvgIpc) is 2.37. The zero-order chi connectivity index (χ0) is 16.0. The number of nitrogens with zero attached hydrogens (tertiary/aromatic N) is 1. The maximum absolute atomic E-state index is 11.2. The molecule has 0 aromatic heterocycles. The number of carbonyl (C=O) groups excluding carboxylic acids is 2. The van der Waals surface area contributed by atoms with E-state index in [2.05, 4.69) is 0 Å². The molecule has 1 aromatic carbocycles. The molecule has 6 N–H and O–H groups in total. The molecule has 1 rings (SSSR count). The van der Waals surface area contributed by atoms with Crippen LogP contribution in [0.4, 0.5) is 0 Å². The van der Waals surface area contributed by atoms with Gasteiger partial charge in [0.05, 0.1) is 26.2 Å². The van der Waals surface area contributed by atoms with Crippen molar-refractivity contribution in [2.24, 2.45) is 17.2 Å². The fraction of sp³-hybridized carbons (Fsp3) is 0.429. The Balaban J connectivity index is 3.09. The summed E-state index contributed by atoms with van der Waals surface area (Å²) < 4.78 is 5.11. The van der Waals surface area contributed by atoms with E-state index in [1.54, 1.807) is 31.1 Å². The molecule has 21 heavy (non-hydrogen) atoms. The second-order valence-corrected chi connectivity index (χ2v) is 4.91. The van der Waals surface area contributed by atoms with Crippen molar-refractivity contribution in [2.75, 3.05) is 20.2 Å². The highest BCUT2D eigenvalue weighted by Gasteiger charge is 2.26. The number of hydrogen-bond donors (Lipinski definition) is 3. The van der Waals surface area contributed by atoms with Crippen molar-refractivity contribution < 1.29 is 14.3 Å². The molecule has 0 saturated carbocycles. The van der Waals surface area contributed by atoms with E-state index in [0.717, 1.165) is 5.56 Å². The van der Waals surface area contributed by atoms with Gasteiger partial charge in [0.25, 0.3) is 0 Å². The molecule has 2 atom stereocenters. The Morgan fingerprint density at radius 3 is 1.95 bits per heavy atom. The Hall–Kier alpha value is -2.12. The first-order chi connectivity index (χ1) is 9.85. The third kappa shape index (κ3) is 5.05. The molecule has 2 amide bonds. The van der Waals surface area contributed by atoms with Gasteiger partial charge in [-0.3, -0.25) is 14.5 Å². The molecule has 0 aliphatic heterocycles. The van der Waals surface area contributed by atoms with Gasteiger partial charge in [-0.15, -0.1) is 0 Å². The Bertz CT molecular complexity index is 471. The van der Waals surface area contributed by atoms with Crippen LogP contribution in [0, 0.1) is 0 Å². The van der Waals surface area contributed by atoms with Crippen molar-refractivity contribution in [3.05, 3.63) is 29.8 Å².